The summed E-state index contributed by atoms with van der Waals surface area (Å²) in [6, 6.07) is 16.0. The molecule has 1 aromatic heterocycles. The zero-order chi connectivity index (χ0) is 28.4. The van der Waals surface area contributed by atoms with E-state index in [0.29, 0.717) is 31.9 Å². The third kappa shape index (κ3) is 7.65. The summed E-state index contributed by atoms with van der Waals surface area (Å²) in [6.45, 7) is 7.53. The van der Waals surface area contributed by atoms with Gasteiger partial charge in [0.2, 0.25) is 0 Å². The van der Waals surface area contributed by atoms with Crippen LogP contribution in [0.15, 0.2) is 55.1 Å². The Labute approximate surface area is 244 Å². The van der Waals surface area contributed by atoms with Crippen molar-refractivity contribution in [2.24, 2.45) is 0 Å². The van der Waals surface area contributed by atoms with Crippen molar-refractivity contribution in [3.63, 3.8) is 0 Å². The van der Waals surface area contributed by atoms with E-state index in [9.17, 15) is 0 Å². The minimum absolute atomic E-state index is 0.0658. The molecular formula is C32H45N5O4. The number of hydrogen-bond acceptors (Lipinski definition) is 8. The van der Waals surface area contributed by atoms with Crippen LogP contribution in [0, 0.1) is 0 Å². The van der Waals surface area contributed by atoms with Crippen LogP contribution in [0.4, 0.5) is 5.69 Å². The summed E-state index contributed by atoms with van der Waals surface area (Å²) in [5.41, 5.74) is 4.82. The van der Waals surface area contributed by atoms with E-state index in [-0.39, 0.29) is 12.0 Å². The van der Waals surface area contributed by atoms with Gasteiger partial charge in [-0.25, -0.2) is 9.67 Å². The van der Waals surface area contributed by atoms with Crippen molar-refractivity contribution in [2.75, 3.05) is 52.0 Å². The molecule has 3 heterocycles. The Balaban J connectivity index is 1.28. The summed E-state index contributed by atoms with van der Waals surface area (Å²) in [6.07, 6.45) is 7.54. The van der Waals surface area contributed by atoms with Crippen molar-refractivity contribution in [3.8, 4) is 5.75 Å². The van der Waals surface area contributed by atoms with Gasteiger partial charge in [0.25, 0.3) is 0 Å². The Bertz CT molecular complexity index is 1190. The lowest BCUT2D eigenvalue weighted by atomic mass is 9.82. The third-order valence-corrected chi connectivity index (χ3v) is 8.38. The highest BCUT2D eigenvalue weighted by molar-refractivity contribution is 5.61. The molecule has 4 atom stereocenters. The first-order chi connectivity index (χ1) is 20.2. The number of hydrogen-bond donors (Lipinski definition) is 1. The second-order valence-electron chi connectivity index (χ2n) is 11.1. The maximum absolute atomic E-state index is 6.70. The minimum Gasteiger partial charge on any atom is -0.490 e. The van der Waals surface area contributed by atoms with Crippen LogP contribution < -0.4 is 15.0 Å². The molecule has 41 heavy (non-hydrogen) atoms. The van der Waals surface area contributed by atoms with Gasteiger partial charge in [-0.2, -0.15) is 5.10 Å². The average Bonchev–Trinajstić information content (AvgIpc) is 3.55. The predicted octanol–water partition coefficient (Wildman–Crippen LogP) is 4.73. The molecule has 1 fully saturated rings. The predicted molar refractivity (Wildman–Crippen MR) is 159 cm³/mol. The third-order valence-electron chi connectivity index (χ3n) is 8.38. The number of benzene rings is 2. The number of piperidine rings is 1. The first-order valence-corrected chi connectivity index (χ1v) is 14.9. The summed E-state index contributed by atoms with van der Waals surface area (Å²) in [5.74, 6) is 1.24. The van der Waals surface area contributed by atoms with E-state index in [2.05, 4.69) is 69.7 Å². The summed E-state index contributed by atoms with van der Waals surface area (Å²) in [5, 5.41) is 8.22. The largest absolute Gasteiger partial charge is 0.490 e. The molecule has 1 N–H and O–H groups in total. The van der Waals surface area contributed by atoms with Crippen LogP contribution in [0.3, 0.4) is 0 Å². The molecule has 9 nitrogen and oxygen atoms in total. The molecule has 5 rings (SSSR count). The molecule has 1 unspecified atom stereocenters. The lowest BCUT2D eigenvalue weighted by Crippen LogP contribution is -2.47. The standard InChI is InChI=1S/C32H45N5O4/c1-4-28(37-23-33-22-35-37)17-27-18-29(26-9-6-24(7-10-26)20-39-3)32(19-34-27)41-21-25-8-11-31-30(16-25)36(13-15-40-31)12-5-14-38-2/h6-11,16,22-23,27-29,32,34H,4-5,12-15,17-21H2,1-3H3/t27-,28?,29+,32-/m0/s1. The van der Waals surface area contributed by atoms with E-state index in [0.717, 1.165) is 63.4 Å². The Morgan fingerprint density at radius 2 is 1.93 bits per heavy atom. The molecular weight excluding hydrogens is 518 g/mol. The summed E-state index contributed by atoms with van der Waals surface area (Å²) in [7, 11) is 3.49. The van der Waals surface area contributed by atoms with E-state index in [1.807, 2.05) is 11.0 Å². The molecule has 2 aliphatic heterocycles. The van der Waals surface area contributed by atoms with Crippen molar-refractivity contribution in [1.82, 2.24) is 20.1 Å². The number of ether oxygens (including phenoxy) is 4. The molecule has 1 saturated heterocycles. The van der Waals surface area contributed by atoms with E-state index in [4.69, 9.17) is 18.9 Å². The number of nitrogens with zero attached hydrogens (tertiary/aromatic N) is 4. The normalized spacial score (nSPS) is 21.3. The monoisotopic (exact) mass is 563 g/mol. The SMILES string of the molecule is CCC(C[C@H]1C[C@H](c2ccc(COC)cc2)[C@@H](OCc2ccc3c(c2)N(CCCOC)CCO3)CN1)n1cncn1. The van der Waals surface area contributed by atoms with Crippen molar-refractivity contribution < 1.29 is 18.9 Å². The van der Waals surface area contributed by atoms with Crippen molar-refractivity contribution in [3.05, 3.63) is 71.8 Å². The van der Waals surface area contributed by atoms with Crippen LogP contribution in [0.1, 0.15) is 61.3 Å². The molecule has 3 aromatic rings. The number of methoxy groups -OCH3 is 2. The van der Waals surface area contributed by atoms with Gasteiger partial charge in [-0.1, -0.05) is 37.3 Å². The second-order valence-corrected chi connectivity index (χ2v) is 11.1. The number of anilines is 1. The van der Waals surface area contributed by atoms with E-state index in [1.165, 1.54) is 16.7 Å². The van der Waals surface area contributed by atoms with Crippen LogP contribution in [0.2, 0.25) is 0 Å². The molecule has 0 amide bonds. The Morgan fingerprint density at radius 1 is 1.07 bits per heavy atom. The number of aromatic nitrogens is 3. The first-order valence-electron chi connectivity index (χ1n) is 14.9. The maximum Gasteiger partial charge on any atom is 0.142 e. The van der Waals surface area contributed by atoms with Gasteiger partial charge in [0.05, 0.1) is 37.6 Å². The second kappa shape index (κ2) is 14.8. The van der Waals surface area contributed by atoms with Gasteiger partial charge in [0.1, 0.15) is 25.0 Å². The molecule has 2 aromatic carbocycles. The highest BCUT2D eigenvalue weighted by atomic mass is 16.5. The lowest BCUT2D eigenvalue weighted by molar-refractivity contribution is 0.00103. The molecule has 9 heteroatoms. The highest BCUT2D eigenvalue weighted by Gasteiger charge is 2.33. The molecule has 0 saturated carbocycles. The fraction of sp³-hybridized carbons (Fsp3) is 0.562. The van der Waals surface area contributed by atoms with Gasteiger partial charge in [-0.15, -0.1) is 0 Å². The van der Waals surface area contributed by atoms with Crippen LogP contribution >= 0.6 is 0 Å². The van der Waals surface area contributed by atoms with E-state index >= 15 is 0 Å². The zero-order valence-corrected chi connectivity index (χ0v) is 24.7. The summed E-state index contributed by atoms with van der Waals surface area (Å²) < 4.78 is 25.3. The highest BCUT2D eigenvalue weighted by Crippen LogP contribution is 2.36. The summed E-state index contributed by atoms with van der Waals surface area (Å²) >= 11 is 0. The minimum atomic E-state index is 0.0658. The number of fused-ring (bicyclic) bond motifs is 1. The van der Waals surface area contributed by atoms with Crippen molar-refractivity contribution in [2.45, 2.75) is 69.9 Å². The Kier molecular flexibility index (Phi) is 10.6. The van der Waals surface area contributed by atoms with Crippen LogP contribution in [-0.4, -0.2) is 74.0 Å². The van der Waals surface area contributed by atoms with Gasteiger partial charge < -0.3 is 29.2 Å². The zero-order valence-electron chi connectivity index (χ0n) is 24.7. The molecule has 0 spiro atoms. The van der Waals surface area contributed by atoms with Crippen LogP contribution in [0.5, 0.6) is 5.75 Å². The Hall–Kier alpha value is -2.98. The van der Waals surface area contributed by atoms with Gasteiger partial charge in [-0.05, 0) is 54.5 Å². The molecule has 0 aliphatic carbocycles. The van der Waals surface area contributed by atoms with Crippen LogP contribution in [-0.2, 0) is 27.4 Å². The summed E-state index contributed by atoms with van der Waals surface area (Å²) in [4.78, 5) is 6.57. The fourth-order valence-electron chi connectivity index (χ4n) is 6.14. The average molecular weight is 564 g/mol. The Morgan fingerprint density at radius 3 is 2.68 bits per heavy atom. The van der Waals surface area contributed by atoms with Gasteiger partial charge in [0, 0.05) is 45.9 Å². The van der Waals surface area contributed by atoms with Crippen molar-refractivity contribution in [1.29, 1.82) is 0 Å². The topological polar surface area (TPSA) is 82.9 Å². The van der Waals surface area contributed by atoms with Gasteiger partial charge >= 0.3 is 0 Å². The van der Waals surface area contributed by atoms with Gasteiger partial charge in [-0.3, -0.25) is 0 Å². The molecule has 222 valence electrons. The van der Waals surface area contributed by atoms with Crippen molar-refractivity contribution >= 4 is 5.69 Å². The quantitative estimate of drug-likeness (QED) is 0.282. The van der Waals surface area contributed by atoms with Gasteiger partial charge in [0.15, 0.2) is 0 Å². The smallest absolute Gasteiger partial charge is 0.142 e. The number of rotatable bonds is 14. The first kappa shape index (κ1) is 29.5. The van der Waals surface area contributed by atoms with Crippen LogP contribution in [0.25, 0.3) is 0 Å². The lowest BCUT2D eigenvalue weighted by Gasteiger charge is -2.38. The molecule has 0 radical (unpaired) electrons. The maximum atomic E-state index is 6.70. The fourth-order valence-corrected chi connectivity index (χ4v) is 6.14. The molecule has 0 bridgehead atoms. The van der Waals surface area contributed by atoms with E-state index < -0.39 is 0 Å². The number of nitrogens with one attached hydrogen (secondary N) is 1. The molecule has 2 aliphatic rings. The van der Waals surface area contributed by atoms with E-state index in [1.54, 1.807) is 20.5 Å².